The molecule has 4 aromatic heterocycles. The first-order valence-corrected chi connectivity index (χ1v) is 9.68. The van der Waals surface area contributed by atoms with Crippen LogP contribution in [0.3, 0.4) is 0 Å². The van der Waals surface area contributed by atoms with E-state index in [4.69, 9.17) is 0 Å². The smallest absolute Gasteiger partial charge is 0.356 e. The van der Waals surface area contributed by atoms with Gasteiger partial charge in [0.05, 0.1) is 11.8 Å². The lowest BCUT2D eigenvalue weighted by molar-refractivity contribution is -0.137. The third-order valence-electron chi connectivity index (χ3n) is 5.18. The minimum Gasteiger partial charge on any atom is -0.356 e. The number of aromatic amines is 1. The van der Waals surface area contributed by atoms with E-state index in [1.165, 1.54) is 16.7 Å². The molecule has 0 saturated carbocycles. The summed E-state index contributed by atoms with van der Waals surface area (Å²) in [5.41, 5.74) is 0.0243. The lowest BCUT2D eigenvalue weighted by Gasteiger charge is -2.32. The number of H-pyrrole nitrogens is 1. The third-order valence-corrected chi connectivity index (χ3v) is 5.18. The molecule has 0 aromatic carbocycles. The highest BCUT2D eigenvalue weighted by Crippen LogP contribution is 2.31. The van der Waals surface area contributed by atoms with Crippen LogP contribution in [0.4, 0.5) is 19.0 Å². The van der Waals surface area contributed by atoms with E-state index in [0.717, 1.165) is 31.6 Å². The molecule has 1 aliphatic rings. The van der Waals surface area contributed by atoms with Crippen LogP contribution < -0.4 is 16.6 Å². The van der Waals surface area contributed by atoms with Gasteiger partial charge in [-0.1, -0.05) is 5.21 Å². The Morgan fingerprint density at radius 3 is 2.72 bits per heavy atom. The molecule has 1 aliphatic heterocycles. The number of fused-ring (bicyclic) bond motifs is 1. The van der Waals surface area contributed by atoms with Crippen LogP contribution in [0, 0.1) is 0 Å². The Balaban J connectivity index is 0.00000119. The molecule has 32 heavy (non-hydrogen) atoms. The first kappa shape index (κ1) is 21.6. The van der Waals surface area contributed by atoms with Crippen LogP contribution in [-0.4, -0.2) is 53.1 Å². The number of anilines is 1. The number of rotatable bonds is 3. The summed E-state index contributed by atoms with van der Waals surface area (Å²) in [6.45, 7) is 1.47. The van der Waals surface area contributed by atoms with Gasteiger partial charge in [0.2, 0.25) is 0 Å². The molecule has 1 atom stereocenters. The maximum absolute atomic E-state index is 13.1. The van der Waals surface area contributed by atoms with E-state index < -0.39 is 11.7 Å². The van der Waals surface area contributed by atoms with Crippen molar-refractivity contribution in [3.05, 3.63) is 48.2 Å². The van der Waals surface area contributed by atoms with E-state index in [9.17, 15) is 13.2 Å². The number of nitrogens with one attached hydrogen (secondary N) is 1. The number of halogens is 3. The Labute approximate surface area is 179 Å². The topological polar surface area (TPSA) is 153 Å². The molecule has 0 bridgehead atoms. The van der Waals surface area contributed by atoms with E-state index in [1.54, 1.807) is 12.3 Å². The van der Waals surface area contributed by atoms with Gasteiger partial charge in [0.15, 0.2) is 11.6 Å². The summed E-state index contributed by atoms with van der Waals surface area (Å²) in [6.07, 6.45) is 1.53. The van der Waals surface area contributed by atoms with Gasteiger partial charge in [-0.25, -0.2) is 15.0 Å². The minimum absolute atomic E-state index is 0.126. The highest BCUT2D eigenvalue weighted by molar-refractivity contribution is 5.59. The summed E-state index contributed by atoms with van der Waals surface area (Å²) in [6, 6.07) is 4.12. The lowest BCUT2D eigenvalue weighted by atomic mass is 9.97. The number of hydrazine groups is 1. The summed E-state index contributed by atoms with van der Waals surface area (Å²) in [4.78, 5) is 15.2. The van der Waals surface area contributed by atoms with Gasteiger partial charge in [-0.3, -0.25) is 16.1 Å². The quantitative estimate of drug-likeness (QED) is 0.313. The zero-order valence-electron chi connectivity index (χ0n) is 16.7. The van der Waals surface area contributed by atoms with E-state index in [-0.39, 0.29) is 5.92 Å². The molecule has 5 heterocycles. The van der Waals surface area contributed by atoms with Crippen molar-refractivity contribution in [1.29, 1.82) is 0 Å². The number of hydrogen-bond donors (Lipinski definition) is 3. The summed E-state index contributed by atoms with van der Waals surface area (Å²) in [7, 11) is 0. The van der Waals surface area contributed by atoms with Gasteiger partial charge in [-0.05, 0) is 31.0 Å². The van der Waals surface area contributed by atoms with Crippen LogP contribution in [0.25, 0.3) is 17.2 Å². The first-order valence-electron chi connectivity index (χ1n) is 9.68. The number of pyridine rings is 1. The number of hydrogen-bond acceptors (Lipinski definition) is 9. The molecule has 5 N–H and O–H groups in total. The maximum atomic E-state index is 13.1. The van der Waals surface area contributed by atoms with Crippen molar-refractivity contribution in [2.24, 2.45) is 11.7 Å². The molecule has 168 valence electrons. The molecular formula is C18H20F3N11. The summed E-state index contributed by atoms with van der Waals surface area (Å²) < 4.78 is 40.7. The molecule has 5 rings (SSSR count). The summed E-state index contributed by atoms with van der Waals surface area (Å²) >= 11 is 0. The van der Waals surface area contributed by atoms with Gasteiger partial charge < -0.3 is 4.90 Å². The van der Waals surface area contributed by atoms with Crippen LogP contribution in [0.5, 0.6) is 0 Å². The second-order valence-corrected chi connectivity index (χ2v) is 7.08. The average molecular weight is 447 g/mol. The molecule has 0 spiro atoms. The SMILES string of the molecule is FC(F)(F)c1ccc2ncc(-c3nccc(N4CCCC(c5nn[nH]n5)C4)n3)n2c1.NN. The van der Waals surface area contributed by atoms with Crippen LogP contribution >= 0.6 is 0 Å². The first-order chi connectivity index (χ1) is 15.5. The maximum Gasteiger partial charge on any atom is 0.417 e. The van der Waals surface area contributed by atoms with E-state index >= 15 is 0 Å². The van der Waals surface area contributed by atoms with Gasteiger partial charge >= 0.3 is 6.18 Å². The molecule has 1 saturated heterocycles. The number of nitrogens with two attached hydrogens (primary N) is 2. The van der Waals surface area contributed by atoms with Gasteiger partial charge in [0.1, 0.15) is 17.2 Å². The summed E-state index contributed by atoms with van der Waals surface area (Å²) in [5.74, 6) is 9.78. The Hall–Kier alpha value is -3.65. The van der Waals surface area contributed by atoms with Crippen LogP contribution in [0.2, 0.25) is 0 Å². The van der Waals surface area contributed by atoms with Crippen molar-refractivity contribution in [3.8, 4) is 11.5 Å². The highest BCUT2D eigenvalue weighted by Gasteiger charge is 2.31. The monoisotopic (exact) mass is 447 g/mol. The van der Waals surface area contributed by atoms with E-state index in [0.29, 0.717) is 35.4 Å². The third kappa shape index (κ3) is 4.22. The Morgan fingerprint density at radius 2 is 1.97 bits per heavy atom. The van der Waals surface area contributed by atoms with Crippen molar-refractivity contribution in [2.45, 2.75) is 24.9 Å². The fraction of sp³-hybridized carbons (Fsp3) is 0.333. The number of piperidine rings is 1. The van der Waals surface area contributed by atoms with Gasteiger partial charge in [-0.15, -0.1) is 10.2 Å². The number of imidazole rings is 1. The molecule has 0 amide bonds. The van der Waals surface area contributed by atoms with Crippen molar-refractivity contribution in [2.75, 3.05) is 18.0 Å². The van der Waals surface area contributed by atoms with Gasteiger partial charge in [0.25, 0.3) is 0 Å². The second kappa shape index (κ2) is 8.84. The Morgan fingerprint density at radius 1 is 1.12 bits per heavy atom. The summed E-state index contributed by atoms with van der Waals surface area (Å²) in [5, 5.41) is 14.3. The molecule has 4 aromatic rings. The van der Waals surface area contributed by atoms with Crippen LogP contribution in [0.1, 0.15) is 30.1 Å². The number of alkyl halides is 3. The number of tetrazole rings is 1. The van der Waals surface area contributed by atoms with Crippen molar-refractivity contribution < 1.29 is 13.2 Å². The predicted molar refractivity (Wildman–Crippen MR) is 108 cm³/mol. The fourth-order valence-corrected chi connectivity index (χ4v) is 3.70. The Bertz CT molecular complexity index is 1170. The Kier molecular flexibility index (Phi) is 5.96. The standard InChI is InChI=1S/C18H16F3N9.H4N2/c19-18(20,21)12-3-4-14-23-8-13(30(14)10-12)17-22-6-5-15(24-17)29-7-1-2-11(9-29)16-25-27-28-26-16;1-2/h3-6,8,10-11H,1-2,7,9H2,(H,25,26,27,28);1-2H2. The zero-order valence-corrected chi connectivity index (χ0v) is 16.7. The lowest BCUT2D eigenvalue weighted by Crippen LogP contribution is -2.35. The average Bonchev–Trinajstić information content (AvgIpc) is 3.50. The van der Waals surface area contributed by atoms with E-state index in [2.05, 4.69) is 52.2 Å². The molecular weight excluding hydrogens is 427 g/mol. The van der Waals surface area contributed by atoms with Gasteiger partial charge in [-0.2, -0.15) is 18.4 Å². The molecule has 0 radical (unpaired) electrons. The highest BCUT2D eigenvalue weighted by atomic mass is 19.4. The van der Waals surface area contributed by atoms with Gasteiger partial charge in [0, 0.05) is 31.4 Å². The molecule has 0 aliphatic carbocycles. The van der Waals surface area contributed by atoms with Crippen molar-refractivity contribution in [1.82, 2.24) is 40.0 Å². The van der Waals surface area contributed by atoms with Crippen LogP contribution in [0.15, 0.2) is 36.8 Å². The predicted octanol–water partition coefficient (Wildman–Crippen LogP) is 1.53. The van der Waals surface area contributed by atoms with Crippen molar-refractivity contribution >= 4 is 11.5 Å². The molecule has 11 nitrogen and oxygen atoms in total. The second-order valence-electron chi connectivity index (χ2n) is 7.08. The molecule has 1 fully saturated rings. The number of aromatic nitrogens is 8. The largest absolute Gasteiger partial charge is 0.417 e. The van der Waals surface area contributed by atoms with Crippen LogP contribution in [-0.2, 0) is 6.18 Å². The zero-order chi connectivity index (χ0) is 22.7. The van der Waals surface area contributed by atoms with E-state index in [1.807, 2.05) is 0 Å². The minimum atomic E-state index is -4.45. The molecule has 14 heteroatoms. The van der Waals surface area contributed by atoms with Crippen molar-refractivity contribution in [3.63, 3.8) is 0 Å². The normalized spacial score (nSPS) is 16.7. The number of nitrogens with zero attached hydrogens (tertiary/aromatic N) is 8. The molecule has 1 unspecified atom stereocenters. The fourth-order valence-electron chi connectivity index (χ4n) is 3.70.